The highest BCUT2D eigenvalue weighted by Gasteiger charge is 2.02. The van der Waals surface area contributed by atoms with Crippen molar-refractivity contribution in [2.24, 2.45) is 0 Å². The van der Waals surface area contributed by atoms with Gasteiger partial charge < -0.3 is 20.5 Å². The Labute approximate surface area is 106 Å². The van der Waals surface area contributed by atoms with Gasteiger partial charge in [0.25, 0.3) is 0 Å². The summed E-state index contributed by atoms with van der Waals surface area (Å²) in [5.74, 6) is 2.14. The number of ether oxygens (including phenoxy) is 2. The molecule has 0 spiro atoms. The van der Waals surface area contributed by atoms with E-state index in [2.05, 4.69) is 10.3 Å². The molecule has 94 valence electrons. The Bertz CT molecular complexity index is 504. The molecular formula is C13H15N3O2. The molecule has 0 saturated heterocycles. The van der Waals surface area contributed by atoms with Crippen LogP contribution < -0.4 is 20.5 Å². The van der Waals surface area contributed by atoms with Crippen LogP contribution >= 0.6 is 0 Å². The van der Waals surface area contributed by atoms with Crippen LogP contribution in [-0.2, 0) is 0 Å². The van der Waals surface area contributed by atoms with Gasteiger partial charge in [0.05, 0.1) is 26.1 Å². The number of hydrogen-bond donors (Lipinski definition) is 2. The van der Waals surface area contributed by atoms with Crippen molar-refractivity contribution in [1.82, 2.24) is 4.98 Å². The van der Waals surface area contributed by atoms with Crippen molar-refractivity contribution in [3.05, 3.63) is 36.5 Å². The third-order valence-electron chi connectivity index (χ3n) is 2.41. The van der Waals surface area contributed by atoms with E-state index < -0.39 is 0 Å². The van der Waals surface area contributed by atoms with Gasteiger partial charge in [-0.05, 0) is 12.1 Å². The van der Waals surface area contributed by atoms with Gasteiger partial charge in [-0.3, -0.25) is 0 Å². The molecule has 0 aliphatic carbocycles. The number of nitrogen functional groups attached to an aromatic ring is 1. The average Bonchev–Trinajstić information content (AvgIpc) is 2.41. The van der Waals surface area contributed by atoms with Crippen LogP contribution in [0.4, 0.5) is 17.2 Å². The molecule has 1 aromatic heterocycles. The van der Waals surface area contributed by atoms with Crippen LogP contribution in [0.15, 0.2) is 36.5 Å². The molecule has 0 radical (unpaired) electrons. The zero-order valence-corrected chi connectivity index (χ0v) is 10.3. The number of nitrogens with zero attached hydrogens (tertiary/aromatic N) is 1. The summed E-state index contributed by atoms with van der Waals surface area (Å²) in [6.07, 6.45) is 1.60. The number of anilines is 3. The Morgan fingerprint density at radius 2 is 1.72 bits per heavy atom. The van der Waals surface area contributed by atoms with E-state index >= 15 is 0 Å². The summed E-state index contributed by atoms with van der Waals surface area (Å²) in [5.41, 5.74) is 7.05. The summed E-state index contributed by atoms with van der Waals surface area (Å²) < 4.78 is 10.4. The Balaban J connectivity index is 2.25. The highest BCUT2D eigenvalue weighted by atomic mass is 16.5. The number of methoxy groups -OCH3 is 2. The number of benzene rings is 1. The molecule has 0 amide bonds. The summed E-state index contributed by atoms with van der Waals surface area (Å²) in [7, 11) is 3.22. The Hall–Kier alpha value is -2.43. The van der Waals surface area contributed by atoms with Crippen molar-refractivity contribution in [1.29, 1.82) is 0 Å². The summed E-state index contributed by atoms with van der Waals surface area (Å²) in [6, 6.07) is 9.12. The summed E-state index contributed by atoms with van der Waals surface area (Å²) in [6.45, 7) is 0. The zero-order valence-electron chi connectivity index (χ0n) is 10.3. The molecule has 0 fully saturated rings. The van der Waals surface area contributed by atoms with Crippen molar-refractivity contribution >= 4 is 17.2 Å². The van der Waals surface area contributed by atoms with Crippen molar-refractivity contribution in [2.45, 2.75) is 0 Å². The minimum Gasteiger partial charge on any atom is -0.497 e. The van der Waals surface area contributed by atoms with E-state index in [1.54, 1.807) is 32.5 Å². The molecule has 2 aromatic rings. The molecule has 0 saturated carbocycles. The minimum atomic E-state index is 0.628. The zero-order chi connectivity index (χ0) is 13.0. The van der Waals surface area contributed by atoms with Gasteiger partial charge in [0.15, 0.2) is 0 Å². The van der Waals surface area contributed by atoms with Crippen LogP contribution in [-0.4, -0.2) is 19.2 Å². The van der Waals surface area contributed by atoms with Crippen LogP contribution in [0.25, 0.3) is 0 Å². The van der Waals surface area contributed by atoms with Gasteiger partial charge in [-0.1, -0.05) is 0 Å². The maximum atomic E-state index is 5.58. The monoisotopic (exact) mass is 245 g/mol. The third kappa shape index (κ3) is 2.82. The van der Waals surface area contributed by atoms with Crippen molar-refractivity contribution in [3.8, 4) is 11.5 Å². The van der Waals surface area contributed by atoms with Gasteiger partial charge in [-0.2, -0.15) is 0 Å². The number of pyridine rings is 1. The third-order valence-corrected chi connectivity index (χ3v) is 2.41. The van der Waals surface area contributed by atoms with Crippen LogP contribution in [0.5, 0.6) is 11.5 Å². The van der Waals surface area contributed by atoms with E-state index in [1.807, 2.05) is 18.2 Å². The average molecular weight is 245 g/mol. The lowest BCUT2D eigenvalue weighted by Gasteiger charge is -2.10. The van der Waals surface area contributed by atoms with E-state index in [9.17, 15) is 0 Å². The Morgan fingerprint density at radius 1 is 1.06 bits per heavy atom. The second-order valence-corrected chi connectivity index (χ2v) is 3.70. The first-order valence-electron chi connectivity index (χ1n) is 5.43. The summed E-state index contributed by atoms with van der Waals surface area (Å²) in [5, 5.41) is 3.15. The van der Waals surface area contributed by atoms with Crippen molar-refractivity contribution < 1.29 is 9.47 Å². The molecular weight excluding hydrogens is 230 g/mol. The molecule has 0 bridgehead atoms. The fourth-order valence-corrected chi connectivity index (χ4v) is 1.51. The van der Waals surface area contributed by atoms with Crippen LogP contribution in [0, 0.1) is 0 Å². The lowest BCUT2D eigenvalue weighted by molar-refractivity contribution is 0.395. The van der Waals surface area contributed by atoms with Gasteiger partial charge >= 0.3 is 0 Å². The molecule has 18 heavy (non-hydrogen) atoms. The van der Waals surface area contributed by atoms with E-state index in [0.717, 1.165) is 5.69 Å². The smallest absolute Gasteiger partial charge is 0.130 e. The number of nitrogens with one attached hydrogen (secondary N) is 1. The number of rotatable bonds is 4. The number of nitrogens with two attached hydrogens (primary N) is 1. The quantitative estimate of drug-likeness (QED) is 0.865. The fraction of sp³-hybridized carbons (Fsp3) is 0.154. The van der Waals surface area contributed by atoms with Gasteiger partial charge in [-0.15, -0.1) is 0 Å². The number of aromatic nitrogens is 1. The predicted octanol–water partition coefficient (Wildman–Crippen LogP) is 2.42. The van der Waals surface area contributed by atoms with Gasteiger partial charge in [0, 0.05) is 23.9 Å². The highest BCUT2D eigenvalue weighted by molar-refractivity contribution is 5.61. The van der Waals surface area contributed by atoms with E-state index in [1.165, 1.54) is 0 Å². The first kappa shape index (κ1) is 12.0. The normalized spacial score (nSPS) is 9.89. The van der Waals surface area contributed by atoms with E-state index in [4.69, 9.17) is 15.2 Å². The molecule has 3 N–H and O–H groups in total. The second kappa shape index (κ2) is 5.27. The van der Waals surface area contributed by atoms with E-state index in [0.29, 0.717) is 23.0 Å². The summed E-state index contributed by atoms with van der Waals surface area (Å²) in [4.78, 5) is 4.17. The Kier molecular flexibility index (Phi) is 3.52. The molecule has 1 heterocycles. The minimum absolute atomic E-state index is 0.628. The second-order valence-electron chi connectivity index (χ2n) is 3.70. The molecule has 2 rings (SSSR count). The van der Waals surface area contributed by atoms with Crippen LogP contribution in [0.2, 0.25) is 0 Å². The van der Waals surface area contributed by atoms with Crippen molar-refractivity contribution in [2.75, 3.05) is 25.3 Å². The SMILES string of the molecule is COc1cc(Nc2ccc(N)cn2)cc(OC)c1. The molecule has 0 aliphatic heterocycles. The predicted molar refractivity (Wildman–Crippen MR) is 71.5 cm³/mol. The lowest BCUT2D eigenvalue weighted by atomic mass is 10.2. The highest BCUT2D eigenvalue weighted by Crippen LogP contribution is 2.27. The van der Waals surface area contributed by atoms with Crippen molar-refractivity contribution in [3.63, 3.8) is 0 Å². The standard InChI is InChI=1S/C13H15N3O2/c1-17-11-5-10(6-12(7-11)18-2)16-13-4-3-9(14)8-15-13/h3-8H,14H2,1-2H3,(H,15,16). The molecule has 1 aromatic carbocycles. The fourth-order valence-electron chi connectivity index (χ4n) is 1.51. The van der Waals surface area contributed by atoms with Gasteiger partial charge in [0.1, 0.15) is 17.3 Å². The van der Waals surface area contributed by atoms with Crippen LogP contribution in [0.1, 0.15) is 0 Å². The lowest BCUT2D eigenvalue weighted by Crippen LogP contribution is -1.96. The van der Waals surface area contributed by atoms with Crippen LogP contribution in [0.3, 0.4) is 0 Å². The maximum Gasteiger partial charge on any atom is 0.130 e. The molecule has 0 atom stereocenters. The first-order chi connectivity index (χ1) is 8.71. The van der Waals surface area contributed by atoms with Gasteiger partial charge in [0.2, 0.25) is 0 Å². The topological polar surface area (TPSA) is 69.4 Å². The first-order valence-corrected chi connectivity index (χ1v) is 5.43. The maximum absolute atomic E-state index is 5.58. The molecule has 5 heteroatoms. The van der Waals surface area contributed by atoms with E-state index in [-0.39, 0.29) is 0 Å². The molecule has 5 nitrogen and oxygen atoms in total. The van der Waals surface area contributed by atoms with Gasteiger partial charge in [-0.25, -0.2) is 4.98 Å². The largest absolute Gasteiger partial charge is 0.497 e. The summed E-state index contributed by atoms with van der Waals surface area (Å²) >= 11 is 0. The Morgan fingerprint density at radius 3 is 2.22 bits per heavy atom. The molecule has 0 unspecified atom stereocenters. The number of hydrogen-bond acceptors (Lipinski definition) is 5. The molecule has 0 aliphatic rings.